The maximum atomic E-state index is 12.1. The van der Waals surface area contributed by atoms with Crippen LogP contribution in [0.2, 0.25) is 0 Å². The minimum atomic E-state index is -0.121. The van der Waals surface area contributed by atoms with Crippen molar-refractivity contribution in [3.05, 3.63) is 51.7 Å². The summed E-state index contributed by atoms with van der Waals surface area (Å²) in [6.07, 6.45) is 0. The molecule has 2 rings (SSSR count). The molecule has 1 amide bonds. The van der Waals surface area contributed by atoms with Gasteiger partial charge in [0.15, 0.2) is 0 Å². The molecule has 0 aliphatic rings. The number of carbonyl (C=O) groups is 1. The first-order valence-electron chi connectivity index (χ1n) is 6.42. The number of rotatable bonds is 4. The lowest BCUT2D eigenvalue weighted by Gasteiger charge is -2.05. The predicted octanol–water partition coefficient (Wildman–Crippen LogP) is 2.00. The van der Waals surface area contributed by atoms with Gasteiger partial charge in [-0.1, -0.05) is 11.8 Å². The van der Waals surface area contributed by atoms with E-state index in [4.69, 9.17) is 10.5 Å². The standard InChI is InChI=1S/C16H16N2O2S/c1-20-14-6-4-13(5-7-14)16(19)18-11-15-12(3-2-9-17)8-10-21-15/h4-8,10H,9,11,17H2,1H3,(H,18,19). The summed E-state index contributed by atoms with van der Waals surface area (Å²) >= 11 is 1.57. The van der Waals surface area contributed by atoms with Crippen molar-refractivity contribution in [3.8, 4) is 17.6 Å². The number of hydrogen-bond donors (Lipinski definition) is 2. The number of nitrogens with two attached hydrogens (primary N) is 1. The van der Waals surface area contributed by atoms with Gasteiger partial charge in [0.05, 0.1) is 20.2 Å². The van der Waals surface area contributed by atoms with Gasteiger partial charge in [-0.3, -0.25) is 4.79 Å². The Labute approximate surface area is 127 Å². The van der Waals surface area contributed by atoms with Gasteiger partial charge >= 0.3 is 0 Å². The zero-order valence-electron chi connectivity index (χ0n) is 11.7. The second-order valence-corrected chi connectivity index (χ2v) is 5.18. The second kappa shape index (κ2) is 7.48. The maximum Gasteiger partial charge on any atom is 0.251 e. The minimum Gasteiger partial charge on any atom is -0.497 e. The van der Waals surface area contributed by atoms with Crippen LogP contribution in [-0.4, -0.2) is 19.6 Å². The van der Waals surface area contributed by atoms with Crippen LogP contribution in [-0.2, 0) is 6.54 Å². The summed E-state index contributed by atoms with van der Waals surface area (Å²) in [7, 11) is 1.59. The molecule has 0 aliphatic heterocycles. The van der Waals surface area contributed by atoms with Gasteiger partial charge in [-0.2, -0.15) is 0 Å². The summed E-state index contributed by atoms with van der Waals surface area (Å²) in [5.74, 6) is 6.42. The number of methoxy groups -OCH3 is 1. The third kappa shape index (κ3) is 4.09. The molecule has 0 bridgehead atoms. The Balaban J connectivity index is 1.99. The first-order chi connectivity index (χ1) is 10.2. The number of hydrogen-bond acceptors (Lipinski definition) is 4. The highest BCUT2D eigenvalue weighted by atomic mass is 32.1. The van der Waals surface area contributed by atoms with Crippen molar-refractivity contribution in [1.29, 1.82) is 0 Å². The highest BCUT2D eigenvalue weighted by Gasteiger charge is 2.07. The molecule has 3 N–H and O–H groups in total. The highest BCUT2D eigenvalue weighted by Crippen LogP contribution is 2.16. The minimum absolute atomic E-state index is 0.121. The molecular weight excluding hydrogens is 284 g/mol. The fraction of sp³-hybridized carbons (Fsp3) is 0.188. The average molecular weight is 300 g/mol. The van der Waals surface area contributed by atoms with Crippen LogP contribution < -0.4 is 15.8 Å². The Hall–Kier alpha value is -2.29. The quantitative estimate of drug-likeness (QED) is 0.849. The number of thiophene rings is 1. The van der Waals surface area contributed by atoms with Crippen LogP contribution in [0.4, 0.5) is 0 Å². The zero-order chi connectivity index (χ0) is 15.1. The van der Waals surface area contributed by atoms with Crippen LogP contribution in [0.1, 0.15) is 20.8 Å². The summed E-state index contributed by atoms with van der Waals surface area (Å²) in [6.45, 7) is 0.782. The van der Waals surface area contributed by atoms with Crippen molar-refractivity contribution in [2.24, 2.45) is 5.73 Å². The van der Waals surface area contributed by atoms with Crippen LogP contribution in [0.3, 0.4) is 0 Å². The first kappa shape index (κ1) is 15.1. The smallest absolute Gasteiger partial charge is 0.251 e. The lowest BCUT2D eigenvalue weighted by Crippen LogP contribution is -2.22. The number of benzene rings is 1. The van der Waals surface area contributed by atoms with Crippen LogP contribution in [0.15, 0.2) is 35.7 Å². The largest absolute Gasteiger partial charge is 0.497 e. The van der Waals surface area contributed by atoms with Crippen molar-refractivity contribution >= 4 is 17.2 Å². The van der Waals surface area contributed by atoms with E-state index in [9.17, 15) is 4.79 Å². The van der Waals surface area contributed by atoms with Gasteiger partial charge in [0.25, 0.3) is 5.91 Å². The van der Waals surface area contributed by atoms with Gasteiger partial charge in [-0.05, 0) is 35.7 Å². The third-order valence-electron chi connectivity index (χ3n) is 2.83. The van der Waals surface area contributed by atoms with Crippen molar-refractivity contribution in [1.82, 2.24) is 5.32 Å². The Kier molecular flexibility index (Phi) is 5.38. The Morgan fingerprint density at radius 2 is 2.10 bits per heavy atom. The Bertz CT molecular complexity index is 666. The molecule has 1 heterocycles. The second-order valence-electron chi connectivity index (χ2n) is 4.17. The van der Waals surface area contributed by atoms with E-state index in [1.807, 2.05) is 11.4 Å². The zero-order valence-corrected chi connectivity index (χ0v) is 12.5. The van der Waals surface area contributed by atoms with Crippen molar-refractivity contribution in [3.63, 3.8) is 0 Å². The van der Waals surface area contributed by atoms with E-state index in [-0.39, 0.29) is 5.91 Å². The summed E-state index contributed by atoms with van der Waals surface area (Å²) in [4.78, 5) is 13.1. The normalized spacial score (nSPS) is 9.62. The van der Waals surface area contributed by atoms with E-state index in [2.05, 4.69) is 17.2 Å². The van der Waals surface area contributed by atoms with Gasteiger partial charge < -0.3 is 15.8 Å². The molecule has 0 unspecified atom stereocenters. The molecule has 0 saturated heterocycles. The molecular formula is C16H16N2O2S. The molecule has 108 valence electrons. The average Bonchev–Trinajstić information content (AvgIpc) is 2.98. The van der Waals surface area contributed by atoms with E-state index >= 15 is 0 Å². The molecule has 0 fully saturated rings. The van der Waals surface area contributed by atoms with E-state index in [0.717, 1.165) is 16.2 Å². The van der Waals surface area contributed by atoms with Crippen LogP contribution in [0.5, 0.6) is 5.75 Å². The lowest BCUT2D eigenvalue weighted by atomic mass is 10.2. The SMILES string of the molecule is COc1ccc(C(=O)NCc2sccc2C#CCN)cc1. The van der Waals surface area contributed by atoms with Crippen LogP contribution in [0.25, 0.3) is 0 Å². The maximum absolute atomic E-state index is 12.1. The van der Waals surface area contributed by atoms with Crippen molar-refractivity contribution < 1.29 is 9.53 Å². The number of nitrogens with one attached hydrogen (secondary N) is 1. The molecule has 0 spiro atoms. The van der Waals surface area contributed by atoms with Crippen LogP contribution in [0, 0.1) is 11.8 Å². The Morgan fingerprint density at radius 1 is 1.33 bits per heavy atom. The van der Waals surface area contributed by atoms with Crippen molar-refractivity contribution in [2.45, 2.75) is 6.54 Å². The summed E-state index contributed by atoms with van der Waals surface area (Å²) in [5, 5.41) is 4.84. The molecule has 0 atom stereocenters. The van der Waals surface area contributed by atoms with Gasteiger partial charge in [0.1, 0.15) is 5.75 Å². The molecule has 21 heavy (non-hydrogen) atoms. The topological polar surface area (TPSA) is 64.3 Å². The van der Waals surface area contributed by atoms with Gasteiger partial charge in [0, 0.05) is 16.0 Å². The fourth-order valence-electron chi connectivity index (χ4n) is 1.74. The molecule has 0 radical (unpaired) electrons. The third-order valence-corrected chi connectivity index (χ3v) is 3.75. The number of carbonyl (C=O) groups excluding carboxylic acids is 1. The molecule has 4 nitrogen and oxygen atoms in total. The van der Waals surface area contributed by atoms with Gasteiger partial charge in [-0.25, -0.2) is 0 Å². The fourth-order valence-corrected chi connectivity index (χ4v) is 2.51. The predicted molar refractivity (Wildman–Crippen MR) is 84.4 cm³/mol. The van der Waals surface area contributed by atoms with Gasteiger partial charge in [-0.15, -0.1) is 11.3 Å². The number of amides is 1. The van der Waals surface area contributed by atoms with E-state index < -0.39 is 0 Å². The molecule has 0 aliphatic carbocycles. The molecule has 0 saturated carbocycles. The van der Waals surface area contributed by atoms with E-state index in [1.165, 1.54) is 0 Å². The van der Waals surface area contributed by atoms with Gasteiger partial charge in [0.2, 0.25) is 0 Å². The molecule has 5 heteroatoms. The first-order valence-corrected chi connectivity index (χ1v) is 7.30. The molecule has 2 aromatic rings. The summed E-state index contributed by atoms with van der Waals surface area (Å²) < 4.78 is 5.07. The lowest BCUT2D eigenvalue weighted by molar-refractivity contribution is 0.0951. The summed E-state index contributed by atoms with van der Waals surface area (Å²) in [6, 6.07) is 8.92. The van der Waals surface area contributed by atoms with Crippen LogP contribution >= 0.6 is 11.3 Å². The number of ether oxygens (including phenoxy) is 1. The molecule has 1 aromatic heterocycles. The van der Waals surface area contributed by atoms with E-state index in [0.29, 0.717) is 18.7 Å². The molecule has 1 aromatic carbocycles. The summed E-state index contributed by atoms with van der Waals surface area (Å²) in [5.41, 5.74) is 6.88. The van der Waals surface area contributed by atoms with E-state index in [1.54, 1.807) is 42.7 Å². The highest BCUT2D eigenvalue weighted by molar-refractivity contribution is 7.10. The van der Waals surface area contributed by atoms with Crippen molar-refractivity contribution in [2.75, 3.05) is 13.7 Å². The monoisotopic (exact) mass is 300 g/mol. The Morgan fingerprint density at radius 3 is 2.76 bits per heavy atom.